The molecule has 0 radical (unpaired) electrons. The van der Waals surface area contributed by atoms with Crippen molar-refractivity contribution < 1.29 is 4.79 Å². The van der Waals surface area contributed by atoms with Crippen LogP contribution in [-0.4, -0.2) is 20.7 Å². The molecule has 0 saturated carbocycles. The van der Waals surface area contributed by atoms with Crippen LogP contribution in [0.25, 0.3) is 17.1 Å². The maximum Gasteiger partial charge on any atom is 0.295 e. The molecule has 1 aromatic heterocycles. The molecule has 0 aliphatic rings. The number of hydrogen-bond donors (Lipinski definition) is 1. The molecule has 0 aliphatic heterocycles. The number of hydrogen-bond acceptors (Lipinski definition) is 3. The molecule has 144 valence electrons. The van der Waals surface area contributed by atoms with Gasteiger partial charge in [-0.2, -0.15) is 0 Å². The number of halogens is 2. The van der Waals surface area contributed by atoms with Gasteiger partial charge in [0.15, 0.2) is 5.82 Å². The number of amides is 1. The van der Waals surface area contributed by atoms with Crippen molar-refractivity contribution in [3.63, 3.8) is 0 Å². The maximum absolute atomic E-state index is 12.8. The second-order valence-electron chi connectivity index (χ2n) is 6.43. The van der Waals surface area contributed by atoms with E-state index in [1.165, 1.54) is 0 Å². The summed E-state index contributed by atoms with van der Waals surface area (Å²) in [5, 5.41) is 8.37. The zero-order valence-corrected chi connectivity index (χ0v) is 16.9. The summed E-state index contributed by atoms with van der Waals surface area (Å²) in [6, 6.07) is 22.0. The van der Waals surface area contributed by atoms with Gasteiger partial charge in [-0.3, -0.25) is 4.79 Å². The minimum absolute atomic E-state index is 0.0446. The van der Waals surface area contributed by atoms with Gasteiger partial charge in [0, 0.05) is 21.3 Å². The van der Waals surface area contributed by atoms with Crippen LogP contribution >= 0.6 is 23.2 Å². The number of carbonyl (C=O) groups is 1. The molecule has 0 bridgehead atoms. The average Bonchev–Trinajstić information content (AvgIpc) is 3.14. The molecule has 1 heterocycles. The highest BCUT2D eigenvalue weighted by Crippen LogP contribution is 2.25. The Hall–Kier alpha value is -3.15. The fraction of sp³-hybridized carbons (Fsp3) is 0.0455. The summed E-state index contributed by atoms with van der Waals surface area (Å²) in [6.45, 7) is 1.98. The lowest BCUT2D eigenvalue weighted by Gasteiger charge is -2.08. The van der Waals surface area contributed by atoms with Crippen LogP contribution in [-0.2, 0) is 0 Å². The summed E-state index contributed by atoms with van der Waals surface area (Å²) in [7, 11) is 0. The summed E-state index contributed by atoms with van der Waals surface area (Å²) in [5.74, 6) is 0.143. The number of rotatable bonds is 4. The molecule has 7 heteroatoms. The summed E-state index contributed by atoms with van der Waals surface area (Å²) in [5.41, 5.74) is 3.16. The molecule has 1 amide bonds. The third-order valence-corrected chi connectivity index (χ3v) is 4.79. The first-order chi connectivity index (χ1) is 14.0. The lowest BCUT2D eigenvalue weighted by atomic mass is 10.2. The smallest absolute Gasteiger partial charge is 0.295 e. The molecule has 0 atom stereocenters. The Morgan fingerprint density at radius 2 is 1.66 bits per heavy atom. The van der Waals surface area contributed by atoms with E-state index < -0.39 is 5.91 Å². The lowest BCUT2D eigenvalue weighted by molar-refractivity contribution is 0.101. The Balaban J connectivity index is 1.79. The van der Waals surface area contributed by atoms with E-state index in [2.05, 4.69) is 15.4 Å². The Kier molecular flexibility index (Phi) is 5.34. The van der Waals surface area contributed by atoms with Gasteiger partial charge < -0.3 is 5.32 Å². The van der Waals surface area contributed by atoms with E-state index in [1.54, 1.807) is 41.1 Å². The molecule has 0 aliphatic carbocycles. The van der Waals surface area contributed by atoms with E-state index >= 15 is 0 Å². The standard InChI is InChI=1S/C22H16Cl2N4O/c1-14-6-2-3-11-19(14)28-21(15-7-4-8-16(23)12-15)26-20(27-28)22(29)25-18-10-5-9-17(24)13-18/h2-13H,1H3,(H,25,29). The highest BCUT2D eigenvalue weighted by Gasteiger charge is 2.20. The molecule has 4 aromatic rings. The number of carbonyl (C=O) groups excluding carboxylic acids is 1. The third-order valence-electron chi connectivity index (χ3n) is 4.32. The van der Waals surface area contributed by atoms with Gasteiger partial charge in [0.25, 0.3) is 5.91 Å². The summed E-state index contributed by atoms with van der Waals surface area (Å²) >= 11 is 12.2. The molecule has 0 fully saturated rings. The first-order valence-electron chi connectivity index (χ1n) is 8.87. The Morgan fingerprint density at radius 3 is 2.38 bits per heavy atom. The van der Waals surface area contributed by atoms with Crippen LogP contribution in [0.3, 0.4) is 0 Å². The van der Waals surface area contributed by atoms with E-state index in [0.29, 0.717) is 21.6 Å². The number of aromatic nitrogens is 3. The number of para-hydroxylation sites is 1. The van der Waals surface area contributed by atoms with Gasteiger partial charge in [0.2, 0.25) is 5.82 Å². The molecule has 5 nitrogen and oxygen atoms in total. The number of nitrogens with one attached hydrogen (secondary N) is 1. The van der Waals surface area contributed by atoms with Gasteiger partial charge in [0.1, 0.15) is 0 Å². The summed E-state index contributed by atoms with van der Waals surface area (Å²) in [6.07, 6.45) is 0. The van der Waals surface area contributed by atoms with Crippen molar-refractivity contribution in [2.45, 2.75) is 6.92 Å². The normalized spacial score (nSPS) is 10.7. The lowest BCUT2D eigenvalue weighted by Crippen LogP contribution is -2.14. The molecule has 4 rings (SSSR count). The van der Waals surface area contributed by atoms with Gasteiger partial charge in [-0.25, -0.2) is 9.67 Å². The Morgan fingerprint density at radius 1 is 0.931 bits per heavy atom. The van der Waals surface area contributed by atoms with Crippen LogP contribution in [0.15, 0.2) is 72.8 Å². The number of anilines is 1. The van der Waals surface area contributed by atoms with Crippen LogP contribution in [0.1, 0.15) is 16.2 Å². The van der Waals surface area contributed by atoms with Crippen molar-refractivity contribution in [1.82, 2.24) is 14.8 Å². The van der Waals surface area contributed by atoms with Gasteiger partial charge in [-0.1, -0.05) is 59.6 Å². The number of benzene rings is 3. The summed E-state index contributed by atoms with van der Waals surface area (Å²) in [4.78, 5) is 17.3. The number of nitrogens with zero attached hydrogens (tertiary/aromatic N) is 3. The zero-order valence-electron chi connectivity index (χ0n) is 15.4. The molecule has 3 aromatic carbocycles. The van der Waals surface area contributed by atoms with Crippen LogP contribution in [0, 0.1) is 6.92 Å². The largest absolute Gasteiger partial charge is 0.319 e. The maximum atomic E-state index is 12.8. The summed E-state index contributed by atoms with van der Waals surface area (Å²) < 4.78 is 1.66. The molecular formula is C22H16Cl2N4O. The average molecular weight is 423 g/mol. The van der Waals surface area contributed by atoms with E-state index in [9.17, 15) is 4.79 Å². The van der Waals surface area contributed by atoms with Crippen molar-refractivity contribution in [3.8, 4) is 17.1 Å². The predicted molar refractivity (Wildman–Crippen MR) is 116 cm³/mol. The second kappa shape index (κ2) is 8.07. The van der Waals surface area contributed by atoms with Gasteiger partial charge in [-0.15, -0.1) is 5.10 Å². The molecule has 0 saturated heterocycles. The monoisotopic (exact) mass is 422 g/mol. The van der Waals surface area contributed by atoms with Crippen molar-refractivity contribution in [2.24, 2.45) is 0 Å². The highest BCUT2D eigenvalue weighted by molar-refractivity contribution is 6.31. The van der Waals surface area contributed by atoms with E-state index in [1.807, 2.05) is 43.3 Å². The van der Waals surface area contributed by atoms with Crippen molar-refractivity contribution in [2.75, 3.05) is 5.32 Å². The fourth-order valence-electron chi connectivity index (χ4n) is 2.94. The van der Waals surface area contributed by atoms with Gasteiger partial charge >= 0.3 is 0 Å². The molecular weight excluding hydrogens is 407 g/mol. The SMILES string of the molecule is Cc1ccccc1-n1nc(C(=O)Nc2cccc(Cl)c2)nc1-c1cccc(Cl)c1. The van der Waals surface area contributed by atoms with Crippen LogP contribution in [0.4, 0.5) is 5.69 Å². The van der Waals surface area contributed by atoms with Crippen molar-refractivity contribution >= 4 is 34.8 Å². The van der Waals surface area contributed by atoms with E-state index in [-0.39, 0.29) is 5.82 Å². The van der Waals surface area contributed by atoms with Gasteiger partial charge in [0.05, 0.1) is 5.69 Å². The minimum Gasteiger partial charge on any atom is -0.319 e. The van der Waals surface area contributed by atoms with Crippen LogP contribution in [0.5, 0.6) is 0 Å². The molecule has 0 spiro atoms. The Bertz CT molecular complexity index is 1200. The second-order valence-corrected chi connectivity index (χ2v) is 7.30. The highest BCUT2D eigenvalue weighted by atomic mass is 35.5. The predicted octanol–water partition coefficient (Wildman–Crippen LogP) is 5.80. The topological polar surface area (TPSA) is 59.8 Å². The minimum atomic E-state index is -0.428. The van der Waals surface area contributed by atoms with Crippen molar-refractivity contribution in [3.05, 3.63) is 94.2 Å². The Labute approximate surface area is 177 Å². The zero-order chi connectivity index (χ0) is 20.4. The first-order valence-corrected chi connectivity index (χ1v) is 9.63. The van der Waals surface area contributed by atoms with Crippen molar-refractivity contribution in [1.29, 1.82) is 0 Å². The molecule has 1 N–H and O–H groups in total. The first kappa shape index (κ1) is 19.2. The number of aryl methyl sites for hydroxylation is 1. The quantitative estimate of drug-likeness (QED) is 0.451. The molecule has 29 heavy (non-hydrogen) atoms. The van der Waals surface area contributed by atoms with E-state index in [0.717, 1.165) is 16.8 Å². The van der Waals surface area contributed by atoms with Gasteiger partial charge in [-0.05, 0) is 48.9 Å². The van der Waals surface area contributed by atoms with E-state index in [4.69, 9.17) is 23.2 Å². The van der Waals surface area contributed by atoms with Crippen LogP contribution in [0.2, 0.25) is 10.0 Å². The molecule has 0 unspecified atom stereocenters. The third kappa shape index (κ3) is 4.16. The fourth-order valence-corrected chi connectivity index (χ4v) is 3.33. The van der Waals surface area contributed by atoms with Crippen LogP contribution < -0.4 is 5.32 Å².